The summed E-state index contributed by atoms with van der Waals surface area (Å²) < 4.78 is 5.66. The van der Waals surface area contributed by atoms with Crippen LogP contribution in [0.4, 0.5) is 5.82 Å². The van der Waals surface area contributed by atoms with Gasteiger partial charge in [-0.05, 0) is 43.7 Å². The molecule has 2 aromatic heterocycles. The van der Waals surface area contributed by atoms with Gasteiger partial charge in [-0.25, -0.2) is 9.97 Å². The van der Waals surface area contributed by atoms with Gasteiger partial charge in [-0.2, -0.15) is 0 Å². The number of nitrogens with one attached hydrogen (secondary N) is 2. The minimum absolute atomic E-state index is 0.00683. The van der Waals surface area contributed by atoms with Gasteiger partial charge in [0.2, 0.25) is 0 Å². The molecule has 6 nitrogen and oxygen atoms in total. The molecule has 1 saturated heterocycles. The van der Waals surface area contributed by atoms with Crippen LogP contribution in [0, 0.1) is 6.92 Å². The summed E-state index contributed by atoms with van der Waals surface area (Å²) >= 11 is 1.45. The summed E-state index contributed by atoms with van der Waals surface area (Å²) in [5.74, 6) is 0.815. The summed E-state index contributed by atoms with van der Waals surface area (Å²) in [5, 5.41) is 7.66. The lowest BCUT2D eigenvalue weighted by Crippen LogP contribution is -2.40. The van der Waals surface area contributed by atoms with Crippen molar-refractivity contribution >= 4 is 33.3 Å². The number of carbonyl (C=O) groups excluding carboxylic acids is 1. The molecule has 156 valence electrons. The molecule has 0 bridgehead atoms. The first-order valence-corrected chi connectivity index (χ1v) is 11.4. The summed E-state index contributed by atoms with van der Waals surface area (Å²) in [6.07, 6.45) is 5.68. The Hall–Kier alpha value is -2.51. The Morgan fingerprint density at radius 2 is 1.97 bits per heavy atom. The molecule has 0 unspecified atom stereocenters. The van der Waals surface area contributed by atoms with Gasteiger partial charge in [0, 0.05) is 31.2 Å². The van der Waals surface area contributed by atoms with Crippen LogP contribution >= 0.6 is 11.3 Å². The molecule has 30 heavy (non-hydrogen) atoms. The maximum Gasteiger partial charge on any atom is 0.261 e. The third-order valence-corrected chi connectivity index (χ3v) is 7.47. The Morgan fingerprint density at radius 1 is 1.20 bits per heavy atom. The van der Waals surface area contributed by atoms with Crippen LogP contribution in [-0.4, -0.2) is 41.7 Å². The number of thiophene rings is 1. The molecule has 2 aliphatic rings. The quantitative estimate of drug-likeness (QED) is 0.627. The molecule has 0 radical (unpaired) electrons. The SMILES string of the molecule is Cc1c(C(=O)NC2CC2)sc2ncnc(NCC3(c4ccccc4)CCOCC3)c12. The molecular weight excluding hydrogens is 396 g/mol. The number of aryl methyl sites for hydroxylation is 1. The highest BCUT2D eigenvalue weighted by atomic mass is 32.1. The fourth-order valence-electron chi connectivity index (χ4n) is 4.28. The Balaban J connectivity index is 1.44. The minimum atomic E-state index is 0.00683. The Morgan fingerprint density at radius 3 is 2.70 bits per heavy atom. The number of rotatable bonds is 6. The lowest BCUT2D eigenvalue weighted by Gasteiger charge is -2.38. The molecule has 1 saturated carbocycles. The normalized spacial score (nSPS) is 18.3. The van der Waals surface area contributed by atoms with Crippen molar-refractivity contribution in [3.63, 3.8) is 0 Å². The number of carbonyl (C=O) groups is 1. The molecule has 2 fully saturated rings. The van der Waals surface area contributed by atoms with Crippen LogP contribution in [0.5, 0.6) is 0 Å². The van der Waals surface area contributed by atoms with E-state index >= 15 is 0 Å². The molecule has 0 spiro atoms. The number of aromatic nitrogens is 2. The molecule has 1 aliphatic carbocycles. The number of amides is 1. The van der Waals surface area contributed by atoms with Crippen LogP contribution in [0.1, 0.15) is 46.5 Å². The summed E-state index contributed by atoms with van der Waals surface area (Å²) in [6, 6.07) is 11.0. The van der Waals surface area contributed by atoms with Crippen LogP contribution in [-0.2, 0) is 10.2 Å². The van der Waals surface area contributed by atoms with Crippen molar-refractivity contribution in [3.8, 4) is 0 Å². The second-order valence-electron chi connectivity index (χ2n) is 8.32. The molecule has 3 aromatic rings. The van der Waals surface area contributed by atoms with E-state index in [0.717, 1.165) is 71.9 Å². The Labute approximate surface area is 180 Å². The Bertz CT molecular complexity index is 1060. The monoisotopic (exact) mass is 422 g/mol. The van der Waals surface area contributed by atoms with E-state index in [0.29, 0.717) is 6.04 Å². The number of nitrogens with zero attached hydrogens (tertiary/aromatic N) is 2. The standard InChI is InChI=1S/C23H26N4O2S/c1-15-18-20(25-14-26-22(18)30-19(15)21(28)27-17-7-8-17)24-13-23(9-11-29-12-10-23)16-5-3-2-4-6-16/h2-6,14,17H,7-13H2,1H3,(H,27,28)(H,24,25,26). The van der Waals surface area contributed by atoms with Crippen LogP contribution in [0.2, 0.25) is 0 Å². The number of hydrogen-bond donors (Lipinski definition) is 2. The second-order valence-corrected chi connectivity index (χ2v) is 9.32. The predicted octanol–water partition coefficient (Wildman–Crippen LogP) is 4.05. The van der Waals surface area contributed by atoms with Crippen molar-refractivity contribution in [2.24, 2.45) is 0 Å². The summed E-state index contributed by atoms with van der Waals surface area (Å²) in [5.41, 5.74) is 2.29. The summed E-state index contributed by atoms with van der Waals surface area (Å²) in [7, 11) is 0. The van der Waals surface area contributed by atoms with Gasteiger partial charge in [-0.15, -0.1) is 11.3 Å². The molecule has 1 amide bonds. The zero-order valence-electron chi connectivity index (χ0n) is 17.1. The average Bonchev–Trinajstić information content (AvgIpc) is 3.54. The molecule has 2 N–H and O–H groups in total. The second kappa shape index (κ2) is 7.96. The predicted molar refractivity (Wildman–Crippen MR) is 119 cm³/mol. The highest BCUT2D eigenvalue weighted by molar-refractivity contribution is 7.20. The summed E-state index contributed by atoms with van der Waals surface area (Å²) in [4.78, 5) is 23.2. The first-order valence-electron chi connectivity index (χ1n) is 10.6. The third kappa shape index (κ3) is 3.68. The number of ether oxygens (including phenoxy) is 1. The van der Waals surface area contributed by atoms with Crippen molar-refractivity contribution in [2.75, 3.05) is 25.1 Å². The van der Waals surface area contributed by atoms with Crippen LogP contribution in [0.15, 0.2) is 36.7 Å². The van der Waals surface area contributed by atoms with Gasteiger partial charge in [0.05, 0.1) is 10.3 Å². The summed E-state index contributed by atoms with van der Waals surface area (Å²) in [6.45, 7) is 4.29. The van der Waals surface area contributed by atoms with Crippen molar-refractivity contribution in [3.05, 3.63) is 52.7 Å². The molecule has 1 aliphatic heterocycles. The van der Waals surface area contributed by atoms with E-state index in [9.17, 15) is 4.79 Å². The van der Waals surface area contributed by atoms with Gasteiger partial charge < -0.3 is 15.4 Å². The topological polar surface area (TPSA) is 76.1 Å². The van der Waals surface area contributed by atoms with Gasteiger partial charge in [0.15, 0.2) is 0 Å². The minimum Gasteiger partial charge on any atom is -0.381 e. The van der Waals surface area contributed by atoms with E-state index in [4.69, 9.17) is 4.74 Å². The maximum absolute atomic E-state index is 12.7. The number of fused-ring (bicyclic) bond motifs is 1. The molecule has 1 aromatic carbocycles. The third-order valence-electron chi connectivity index (χ3n) is 6.28. The average molecular weight is 423 g/mol. The van der Waals surface area contributed by atoms with Crippen molar-refractivity contribution in [1.82, 2.24) is 15.3 Å². The van der Waals surface area contributed by atoms with Gasteiger partial charge in [0.1, 0.15) is 17.0 Å². The van der Waals surface area contributed by atoms with Crippen LogP contribution in [0.25, 0.3) is 10.2 Å². The molecular formula is C23H26N4O2S. The fraction of sp³-hybridized carbons (Fsp3) is 0.435. The van der Waals surface area contributed by atoms with Crippen molar-refractivity contribution < 1.29 is 9.53 Å². The van der Waals surface area contributed by atoms with Crippen molar-refractivity contribution in [2.45, 2.75) is 44.1 Å². The lowest BCUT2D eigenvalue weighted by atomic mass is 9.74. The number of anilines is 1. The van der Waals surface area contributed by atoms with Crippen molar-refractivity contribution in [1.29, 1.82) is 0 Å². The smallest absolute Gasteiger partial charge is 0.261 e. The van der Waals surface area contributed by atoms with E-state index < -0.39 is 0 Å². The first-order chi connectivity index (χ1) is 14.7. The molecule has 7 heteroatoms. The van der Waals surface area contributed by atoms with Gasteiger partial charge in [-0.3, -0.25) is 4.79 Å². The van der Waals surface area contributed by atoms with E-state index in [1.54, 1.807) is 6.33 Å². The largest absolute Gasteiger partial charge is 0.381 e. The maximum atomic E-state index is 12.7. The number of benzene rings is 1. The highest BCUT2D eigenvalue weighted by Crippen LogP contribution is 2.37. The number of hydrogen-bond acceptors (Lipinski definition) is 6. The lowest BCUT2D eigenvalue weighted by molar-refractivity contribution is 0.0544. The first kappa shape index (κ1) is 19.5. The van der Waals surface area contributed by atoms with Gasteiger partial charge >= 0.3 is 0 Å². The molecule has 5 rings (SSSR count). The van der Waals surface area contributed by atoms with Crippen LogP contribution < -0.4 is 10.6 Å². The molecule has 0 atom stereocenters. The van der Waals surface area contributed by atoms with E-state index in [-0.39, 0.29) is 11.3 Å². The van der Waals surface area contributed by atoms with E-state index in [1.165, 1.54) is 16.9 Å². The highest BCUT2D eigenvalue weighted by Gasteiger charge is 2.35. The van der Waals surface area contributed by atoms with Gasteiger partial charge in [-0.1, -0.05) is 30.3 Å². The fourth-order valence-corrected chi connectivity index (χ4v) is 5.33. The zero-order chi connectivity index (χ0) is 20.6. The van der Waals surface area contributed by atoms with E-state index in [1.807, 2.05) is 6.92 Å². The zero-order valence-corrected chi connectivity index (χ0v) is 17.9. The van der Waals surface area contributed by atoms with E-state index in [2.05, 4.69) is 50.9 Å². The molecule has 3 heterocycles. The Kier molecular flexibility index (Phi) is 5.16. The van der Waals surface area contributed by atoms with Gasteiger partial charge in [0.25, 0.3) is 5.91 Å². The van der Waals surface area contributed by atoms with Crippen LogP contribution in [0.3, 0.4) is 0 Å².